The van der Waals surface area contributed by atoms with Crippen LogP contribution < -0.4 is 4.74 Å². The summed E-state index contributed by atoms with van der Waals surface area (Å²) in [5.41, 5.74) is 2.01. The van der Waals surface area contributed by atoms with E-state index >= 15 is 0 Å². The van der Waals surface area contributed by atoms with Gasteiger partial charge in [-0.05, 0) is 38.1 Å². The Hall–Kier alpha value is -2.84. The SMILES string of the molecule is CC1CN(C(=O)c2cccc(OCc3ccccc3C#N)c2)CC(C)O1. The average molecular weight is 350 g/mol. The van der Waals surface area contributed by atoms with Gasteiger partial charge in [0.25, 0.3) is 5.91 Å². The molecule has 5 heteroatoms. The van der Waals surface area contributed by atoms with E-state index in [2.05, 4.69) is 6.07 Å². The number of carbonyl (C=O) groups excluding carboxylic acids is 1. The second kappa shape index (κ2) is 8.03. The summed E-state index contributed by atoms with van der Waals surface area (Å²) in [6, 6.07) is 16.7. The first-order valence-corrected chi connectivity index (χ1v) is 8.72. The van der Waals surface area contributed by atoms with Crippen molar-refractivity contribution in [1.82, 2.24) is 4.90 Å². The molecular formula is C21H22N2O3. The van der Waals surface area contributed by atoms with Crippen molar-refractivity contribution in [2.45, 2.75) is 32.7 Å². The van der Waals surface area contributed by atoms with Crippen LogP contribution in [0.15, 0.2) is 48.5 Å². The lowest BCUT2D eigenvalue weighted by Gasteiger charge is -2.35. The number of hydrogen-bond donors (Lipinski definition) is 0. The van der Waals surface area contributed by atoms with Crippen LogP contribution in [0.5, 0.6) is 5.75 Å². The number of benzene rings is 2. The van der Waals surface area contributed by atoms with Gasteiger partial charge in [-0.25, -0.2) is 0 Å². The molecule has 1 aliphatic rings. The molecule has 0 bridgehead atoms. The molecule has 2 atom stereocenters. The lowest BCUT2D eigenvalue weighted by atomic mass is 10.1. The molecule has 26 heavy (non-hydrogen) atoms. The Balaban J connectivity index is 1.70. The van der Waals surface area contributed by atoms with Crippen LogP contribution in [0.2, 0.25) is 0 Å². The molecule has 1 aliphatic heterocycles. The van der Waals surface area contributed by atoms with Gasteiger partial charge in [-0.15, -0.1) is 0 Å². The standard InChI is InChI=1S/C21H22N2O3/c1-15-12-23(13-16(2)26-15)21(24)17-8-5-9-20(10-17)25-14-19-7-4-3-6-18(19)11-22/h3-10,15-16H,12-14H2,1-2H3. The second-order valence-corrected chi connectivity index (χ2v) is 6.55. The smallest absolute Gasteiger partial charge is 0.254 e. The molecule has 3 rings (SSSR count). The molecule has 0 aromatic heterocycles. The Bertz CT molecular complexity index is 818. The number of amides is 1. The van der Waals surface area contributed by atoms with Gasteiger partial charge in [0.15, 0.2) is 0 Å². The van der Waals surface area contributed by atoms with Crippen LogP contribution in [0, 0.1) is 11.3 Å². The lowest BCUT2D eigenvalue weighted by Crippen LogP contribution is -2.48. The number of nitriles is 1. The van der Waals surface area contributed by atoms with Gasteiger partial charge in [0, 0.05) is 24.2 Å². The fourth-order valence-corrected chi connectivity index (χ4v) is 3.16. The summed E-state index contributed by atoms with van der Waals surface area (Å²) in [5.74, 6) is 0.591. The van der Waals surface area contributed by atoms with Crippen LogP contribution in [0.4, 0.5) is 0 Å². The van der Waals surface area contributed by atoms with Crippen molar-refractivity contribution >= 4 is 5.91 Å². The van der Waals surface area contributed by atoms with E-state index in [4.69, 9.17) is 14.7 Å². The fourth-order valence-electron chi connectivity index (χ4n) is 3.16. The minimum absolute atomic E-state index is 0.0186. The van der Waals surface area contributed by atoms with Crippen LogP contribution in [0.25, 0.3) is 0 Å². The molecule has 5 nitrogen and oxygen atoms in total. The summed E-state index contributed by atoms with van der Waals surface area (Å²) in [6.07, 6.45) is 0.0641. The topological polar surface area (TPSA) is 62.6 Å². The second-order valence-electron chi connectivity index (χ2n) is 6.55. The molecule has 0 radical (unpaired) electrons. The highest BCUT2D eigenvalue weighted by Gasteiger charge is 2.26. The highest BCUT2D eigenvalue weighted by molar-refractivity contribution is 5.94. The Morgan fingerprint density at radius 2 is 1.92 bits per heavy atom. The first-order chi connectivity index (χ1) is 12.6. The number of carbonyl (C=O) groups is 1. The van der Waals surface area contributed by atoms with Crippen molar-refractivity contribution < 1.29 is 14.3 Å². The quantitative estimate of drug-likeness (QED) is 0.848. The molecule has 0 saturated carbocycles. The Labute approximate surface area is 153 Å². The van der Waals surface area contributed by atoms with Crippen molar-refractivity contribution in [2.75, 3.05) is 13.1 Å². The molecule has 2 aromatic rings. The Morgan fingerprint density at radius 3 is 2.65 bits per heavy atom. The zero-order valence-electron chi connectivity index (χ0n) is 15.0. The van der Waals surface area contributed by atoms with E-state index in [9.17, 15) is 4.79 Å². The molecule has 0 N–H and O–H groups in total. The van der Waals surface area contributed by atoms with Crippen molar-refractivity contribution in [3.8, 4) is 11.8 Å². The number of ether oxygens (including phenoxy) is 2. The molecule has 2 aromatic carbocycles. The van der Waals surface area contributed by atoms with Gasteiger partial charge in [-0.2, -0.15) is 5.26 Å². The van der Waals surface area contributed by atoms with E-state index < -0.39 is 0 Å². The summed E-state index contributed by atoms with van der Waals surface area (Å²) >= 11 is 0. The summed E-state index contributed by atoms with van der Waals surface area (Å²) in [6.45, 7) is 5.41. The van der Waals surface area contributed by atoms with Crippen molar-refractivity contribution in [3.63, 3.8) is 0 Å². The van der Waals surface area contributed by atoms with Gasteiger partial charge >= 0.3 is 0 Å². The molecule has 2 unspecified atom stereocenters. The van der Waals surface area contributed by atoms with Gasteiger partial charge in [0.1, 0.15) is 12.4 Å². The molecule has 1 heterocycles. The van der Waals surface area contributed by atoms with Gasteiger partial charge in [0.2, 0.25) is 0 Å². The summed E-state index contributed by atoms with van der Waals surface area (Å²) in [5, 5.41) is 9.15. The zero-order valence-corrected chi connectivity index (χ0v) is 15.0. The molecule has 1 saturated heterocycles. The average Bonchev–Trinajstić information content (AvgIpc) is 2.65. The highest BCUT2D eigenvalue weighted by atomic mass is 16.5. The third kappa shape index (κ3) is 4.22. The Kier molecular flexibility index (Phi) is 5.55. The molecule has 134 valence electrons. The third-order valence-corrected chi connectivity index (χ3v) is 4.32. The number of nitrogens with zero attached hydrogens (tertiary/aromatic N) is 2. The monoisotopic (exact) mass is 350 g/mol. The first-order valence-electron chi connectivity index (χ1n) is 8.72. The minimum Gasteiger partial charge on any atom is -0.489 e. The van der Waals surface area contributed by atoms with E-state index in [0.29, 0.717) is 30.0 Å². The lowest BCUT2D eigenvalue weighted by molar-refractivity contribution is -0.0586. The summed E-state index contributed by atoms with van der Waals surface area (Å²) < 4.78 is 11.5. The number of morpholine rings is 1. The van der Waals surface area contributed by atoms with E-state index in [-0.39, 0.29) is 24.7 Å². The zero-order chi connectivity index (χ0) is 18.5. The minimum atomic E-state index is -0.0186. The molecule has 0 spiro atoms. The van der Waals surface area contributed by atoms with E-state index in [1.807, 2.05) is 49.1 Å². The van der Waals surface area contributed by atoms with Gasteiger partial charge in [-0.3, -0.25) is 4.79 Å². The predicted molar refractivity (Wildman–Crippen MR) is 97.8 cm³/mol. The van der Waals surface area contributed by atoms with E-state index in [0.717, 1.165) is 5.56 Å². The molecule has 1 fully saturated rings. The van der Waals surface area contributed by atoms with Crippen LogP contribution in [0.3, 0.4) is 0 Å². The van der Waals surface area contributed by atoms with Crippen molar-refractivity contribution in [1.29, 1.82) is 5.26 Å². The first kappa shape index (κ1) is 18.0. The van der Waals surface area contributed by atoms with Gasteiger partial charge in [0.05, 0.1) is 23.8 Å². The van der Waals surface area contributed by atoms with Crippen LogP contribution in [-0.2, 0) is 11.3 Å². The Morgan fingerprint density at radius 1 is 1.19 bits per heavy atom. The van der Waals surface area contributed by atoms with Crippen LogP contribution in [-0.4, -0.2) is 36.1 Å². The largest absolute Gasteiger partial charge is 0.489 e. The maximum atomic E-state index is 12.8. The fraction of sp³-hybridized carbons (Fsp3) is 0.333. The van der Waals surface area contributed by atoms with Crippen molar-refractivity contribution in [3.05, 3.63) is 65.2 Å². The predicted octanol–water partition coefficient (Wildman–Crippen LogP) is 3.39. The van der Waals surface area contributed by atoms with Gasteiger partial charge in [-0.1, -0.05) is 24.3 Å². The number of rotatable bonds is 4. The summed E-state index contributed by atoms with van der Waals surface area (Å²) in [7, 11) is 0. The highest BCUT2D eigenvalue weighted by Crippen LogP contribution is 2.20. The van der Waals surface area contributed by atoms with E-state index in [1.165, 1.54) is 0 Å². The van der Waals surface area contributed by atoms with Crippen LogP contribution >= 0.6 is 0 Å². The normalized spacial score (nSPS) is 19.7. The molecule has 1 amide bonds. The molecular weight excluding hydrogens is 328 g/mol. The maximum absolute atomic E-state index is 12.8. The van der Waals surface area contributed by atoms with Crippen molar-refractivity contribution in [2.24, 2.45) is 0 Å². The van der Waals surface area contributed by atoms with E-state index in [1.54, 1.807) is 18.2 Å². The van der Waals surface area contributed by atoms with Crippen LogP contribution in [0.1, 0.15) is 35.3 Å². The number of hydrogen-bond acceptors (Lipinski definition) is 4. The maximum Gasteiger partial charge on any atom is 0.254 e. The summed E-state index contributed by atoms with van der Waals surface area (Å²) in [4.78, 5) is 14.6. The van der Waals surface area contributed by atoms with Gasteiger partial charge < -0.3 is 14.4 Å². The molecule has 0 aliphatic carbocycles. The third-order valence-electron chi connectivity index (χ3n) is 4.32.